The van der Waals surface area contributed by atoms with Gasteiger partial charge in [-0.15, -0.1) is 0 Å². The van der Waals surface area contributed by atoms with Crippen LogP contribution in [0, 0.1) is 12.7 Å². The molecule has 0 spiro atoms. The van der Waals surface area contributed by atoms with Crippen LogP contribution >= 0.6 is 0 Å². The molecule has 5 heterocycles. The van der Waals surface area contributed by atoms with Crippen LogP contribution in [0.5, 0.6) is 11.8 Å². The zero-order valence-electron chi connectivity index (χ0n) is 21.2. The fourth-order valence-electron chi connectivity index (χ4n) is 5.33. The lowest BCUT2D eigenvalue weighted by atomic mass is 10.0. The number of nitrogens with zero attached hydrogens (tertiary/aromatic N) is 7. The molecule has 0 radical (unpaired) electrons. The molecule has 2 aliphatic heterocycles. The number of carbonyl (C=O) groups excluding carboxylic acids is 2. The van der Waals surface area contributed by atoms with Gasteiger partial charge in [0.25, 0.3) is 0 Å². The first-order valence-corrected chi connectivity index (χ1v) is 12.4. The molecule has 1 saturated heterocycles. The zero-order chi connectivity index (χ0) is 27.3. The van der Waals surface area contributed by atoms with Gasteiger partial charge < -0.3 is 24.8 Å². The first kappa shape index (κ1) is 24.5. The summed E-state index contributed by atoms with van der Waals surface area (Å²) in [5.41, 5.74) is 9.44. The van der Waals surface area contributed by atoms with Gasteiger partial charge in [-0.05, 0) is 43.2 Å². The van der Waals surface area contributed by atoms with Crippen molar-refractivity contribution in [1.82, 2.24) is 34.3 Å². The number of aromatic nitrogens is 5. The highest BCUT2D eigenvalue weighted by atomic mass is 19.1. The van der Waals surface area contributed by atoms with Crippen molar-refractivity contribution in [2.24, 2.45) is 0 Å². The summed E-state index contributed by atoms with van der Waals surface area (Å²) in [7, 11) is 0. The Balaban J connectivity index is 1.40. The molecule has 2 aliphatic rings. The molecule has 0 aliphatic carbocycles. The number of hydrogen-bond acceptors (Lipinski definition) is 8. The van der Waals surface area contributed by atoms with E-state index in [0.717, 1.165) is 5.69 Å². The number of aryl methyl sites for hydroxylation is 1. The minimum absolute atomic E-state index is 0.0271. The molecule has 11 nitrogen and oxygen atoms in total. The Hall–Kier alpha value is -4.87. The van der Waals surface area contributed by atoms with E-state index in [2.05, 4.69) is 26.5 Å². The van der Waals surface area contributed by atoms with Crippen molar-refractivity contribution in [1.29, 1.82) is 0 Å². The third kappa shape index (κ3) is 4.23. The van der Waals surface area contributed by atoms with Gasteiger partial charge in [0, 0.05) is 36.2 Å². The fourth-order valence-corrected chi connectivity index (χ4v) is 5.33. The summed E-state index contributed by atoms with van der Waals surface area (Å²) in [5, 5.41) is 0.548. The number of nitrogen functional groups attached to an aromatic ring is 1. The first-order valence-electron chi connectivity index (χ1n) is 12.4. The van der Waals surface area contributed by atoms with Gasteiger partial charge in [-0.3, -0.25) is 9.59 Å². The average molecular weight is 529 g/mol. The Morgan fingerprint density at radius 2 is 2.08 bits per heavy atom. The molecule has 2 N–H and O–H groups in total. The molecular formula is C27H25FN8O3. The summed E-state index contributed by atoms with van der Waals surface area (Å²) in [6.45, 7) is 6.62. The first-order chi connectivity index (χ1) is 18.8. The van der Waals surface area contributed by atoms with Gasteiger partial charge in [-0.25, -0.2) is 24.3 Å². The van der Waals surface area contributed by atoms with Crippen LogP contribution in [-0.2, 0) is 22.7 Å². The van der Waals surface area contributed by atoms with Crippen LogP contribution in [0.15, 0.2) is 49.4 Å². The van der Waals surface area contributed by atoms with Crippen molar-refractivity contribution in [2.75, 3.05) is 18.8 Å². The Bertz CT molecular complexity index is 1650. The van der Waals surface area contributed by atoms with Gasteiger partial charge in [0.1, 0.15) is 24.3 Å². The van der Waals surface area contributed by atoms with Gasteiger partial charge in [0.05, 0.1) is 18.0 Å². The molecule has 0 unspecified atom stereocenters. The molecule has 0 bridgehead atoms. The summed E-state index contributed by atoms with van der Waals surface area (Å²) in [4.78, 5) is 45.6. The molecule has 12 heteroatoms. The number of amides is 2. The number of ether oxygens (including phenoxy) is 1. The quantitative estimate of drug-likeness (QED) is 0.391. The molecule has 2 amide bonds. The van der Waals surface area contributed by atoms with Gasteiger partial charge in [-0.1, -0.05) is 12.6 Å². The van der Waals surface area contributed by atoms with E-state index in [1.807, 2.05) is 4.57 Å². The second-order valence-electron chi connectivity index (χ2n) is 9.55. The maximum Gasteiger partial charge on any atom is 0.322 e. The number of likely N-dealkylation sites (tertiary alicyclic amines) is 1. The summed E-state index contributed by atoms with van der Waals surface area (Å²) >= 11 is 0. The Labute approximate surface area is 222 Å². The fraction of sp³-hybridized carbons (Fsp3) is 0.259. The molecular weight excluding hydrogens is 503 g/mol. The number of fused-ring (bicyclic) bond motifs is 3. The van der Waals surface area contributed by atoms with Crippen molar-refractivity contribution in [3.05, 3.63) is 66.6 Å². The van der Waals surface area contributed by atoms with Crippen LogP contribution in [0.3, 0.4) is 0 Å². The predicted octanol–water partition coefficient (Wildman–Crippen LogP) is 2.84. The van der Waals surface area contributed by atoms with E-state index < -0.39 is 5.82 Å². The number of halogens is 1. The molecule has 39 heavy (non-hydrogen) atoms. The maximum absolute atomic E-state index is 15.3. The van der Waals surface area contributed by atoms with Crippen molar-refractivity contribution in [2.45, 2.75) is 32.5 Å². The van der Waals surface area contributed by atoms with Crippen LogP contribution in [-0.4, -0.2) is 65.2 Å². The van der Waals surface area contributed by atoms with Gasteiger partial charge in [0.2, 0.25) is 11.8 Å². The second-order valence-corrected chi connectivity index (χ2v) is 9.55. The predicted molar refractivity (Wildman–Crippen MR) is 140 cm³/mol. The van der Waals surface area contributed by atoms with Crippen LogP contribution in [0.2, 0.25) is 0 Å². The second kappa shape index (κ2) is 9.46. The molecule has 0 saturated carbocycles. The maximum atomic E-state index is 15.3. The SMILES string of the molecule is C=CC(=O)N1CC[C@@H](N2Cc3c(-c4ccc(Oc5nccc(C)n5)c(F)c4)c4c(N)ncnc4n3CC2=O)C1. The van der Waals surface area contributed by atoms with E-state index in [1.54, 1.807) is 28.9 Å². The van der Waals surface area contributed by atoms with E-state index >= 15 is 4.39 Å². The highest BCUT2D eigenvalue weighted by molar-refractivity contribution is 6.03. The number of benzene rings is 1. The van der Waals surface area contributed by atoms with E-state index in [4.69, 9.17) is 10.5 Å². The Morgan fingerprint density at radius 1 is 1.23 bits per heavy atom. The zero-order valence-corrected chi connectivity index (χ0v) is 21.2. The van der Waals surface area contributed by atoms with Crippen molar-refractivity contribution >= 4 is 28.7 Å². The number of hydrogen-bond donors (Lipinski definition) is 1. The molecule has 1 fully saturated rings. The van der Waals surface area contributed by atoms with Crippen molar-refractivity contribution in [3.8, 4) is 22.9 Å². The summed E-state index contributed by atoms with van der Waals surface area (Å²) in [6.07, 6.45) is 4.83. The van der Waals surface area contributed by atoms with Crippen molar-refractivity contribution in [3.63, 3.8) is 0 Å². The highest BCUT2D eigenvalue weighted by Gasteiger charge is 2.37. The monoisotopic (exact) mass is 528 g/mol. The van der Waals surface area contributed by atoms with Crippen molar-refractivity contribution < 1.29 is 18.7 Å². The van der Waals surface area contributed by atoms with Crippen LogP contribution in [0.25, 0.3) is 22.2 Å². The third-order valence-electron chi connectivity index (χ3n) is 7.20. The topological polar surface area (TPSA) is 132 Å². The number of nitrogens with two attached hydrogens (primary N) is 1. The normalized spacial score (nSPS) is 17.0. The molecule has 1 atom stereocenters. The summed E-state index contributed by atoms with van der Waals surface area (Å²) in [6, 6.07) is 6.19. The standard InChI is InChI=1S/C27H25FN8O3/c1-3-21(37)34-9-7-17(11-34)35-12-19-23(24-25(29)31-14-32-26(24)36(19)13-22(35)38)16-4-5-20(18(28)10-16)39-27-30-8-6-15(2)33-27/h3-6,8,10,14,17H,1,7,9,11-13H2,2H3,(H2,29,31,32)/t17-/m1/s1. The lowest BCUT2D eigenvalue weighted by Gasteiger charge is -2.34. The average Bonchev–Trinajstić information content (AvgIpc) is 3.53. The van der Waals surface area contributed by atoms with Crippen LogP contribution in [0.4, 0.5) is 10.2 Å². The molecule has 3 aromatic heterocycles. The lowest BCUT2D eigenvalue weighted by molar-refractivity contribution is -0.137. The Kier molecular flexibility index (Phi) is 5.93. The summed E-state index contributed by atoms with van der Waals surface area (Å²) in [5.74, 6) is -0.656. The van der Waals surface area contributed by atoms with Gasteiger partial charge in [-0.2, -0.15) is 0 Å². The van der Waals surface area contributed by atoms with E-state index in [9.17, 15) is 9.59 Å². The minimum Gasteiger partial charge on any atom is -0.421 e. The molecule has 1 aromatic carbocycles. The lowest BCUT2D eigenvalue weighted by Crippen LogP contribution is -2.46. The summed E-state index contributed by atoms with van der Waals surface area (Å²) < 4.78 is 22.7. The highest BCUT2D eigenvalue weighted by Crippen LogP contribution is 2.41. The van der Waals surface area contributed by atoms with E-state index in [1.165, 1.54) is 30.7 Å². The van der Waals surface area contributed by atoms with Gasteiger partial charge >= 0.3 is 6.01 Å². The largest absolute Gasteiger partial charge is 0.421 e. The number of carbonyl (C=O) groups is 2. The number of rotatable bonds is 5. The van der Waals surface area contributed by atoms with E-state index in [-0.39, 0.29) is 48.5 Å². The Morgan fingerprint density at radius 3 is 2.85 bits per heavy atom. The van der Waals surface area contributed by atoms with Crippen LogP contribution in [0.1, 0.15) is 17.8 Å². The third-order valence-corrected chi connectivity index (χ3v) is 7.20. The molecule has 4 aromatic rings. The molecule has 6 rings (SSSR count). The minimum atomic E-state index is -0.612. The van der Waals surface area contributed by atoms with Crippen LogP contribution < -0.4 is 10.5 Å². The van der Waals surface area contributed by atoms with E-state index in [0.29, 0.717) is 47.4 Å². The molecule has 198 valence electrons. The smallest absolute Gasteiger partial charge is 0.322 e. The number of anilines is 1. The van der Waals surface area contributed by atoms with Gasteiger partial charge in [0.15, 0.2) is 11.6 Å².